The molecule has 0 bridgehead atoms. The minimum absolute atomic E-state index is 0.0176. The number of rotatable bonds is 5. The lowest BCUT2D eigenvalue weighted by Gasteiger charge is -2.50. The van der Waals surface area contributed by atoms with Crippen LogP contribution in [0.15, 0.2) is 12.2 Å². The van der Waals surface area contributed by atoms with Crippen LogP contribution in [0.1, 0.15) is 39.0 Å². The van der Waals surface area contributed by atoms with E-state index >= 15 is 0 Å². The maximum absolute atomic E-state index is 12.5. The van der Waals surface area contributed by atoms with Crippen LogP contribution in [0.4, 0.5) is 0 Å². The largest absolute Gasteiger partial charge is 0.462 e. The van der Waals surface area contributed by atoms with E-state index in [-0.39, 0.29) is 23.4 Å². The molecule has 4 aliphatic rings. The predicted octanol–water partition coefficient (Wildman–Crippen LogP) is 2.22. The van der Waals surface area contributed by atoms with Crippen LogP contribution in [0.2, 0.25) is 0 Å². The monoisotopic (exact) mass is 362 g/mol. The van der Waals surface area contributed by atoms with Crippen molar-refractivity contribution < 1.29 is 14.3 Å². The van der Waals surface area contributed by atoms with Crippen LogP contribution in [-0.2, 0) is 14.3 Å². The van der Waals surface area contributed by atoms with E-state index in [1.807, 2.05) is 0 Å². The molecule has 0 spiro atoms. The van der Waals surface area contributed by atoms with Gasteiger partial charge >= 0.3 is 5.97 Å². The summed E-state index contributed by atoms with van der Waals surface area (Å²) in [7, 11) is 0. The van der Waals surface area contributed by atoms with E-state index in [1.54, 1.807) is 0 Å². The lowest BCUT2D eigenvalue weighted by Crippen LogP contribution is -2.46. The minimum atomic E-state index is 0.0176. The Kier molecular flexibility index (Phi) is 5.40. The molecule has 2 aliphatic heterocycles. The first-order chi connectivity index (χ1) is 12.6. The fourth-order valence-electron chi connectivity index (χ4n) is 5.81. The van der Waals surface area contributed by atoms with Crippen molar-refractivity contribution in [3.8, 4) is 0 Å². The van der Waals surface area contributed by atoms with Crippen molar-refractivity contribution in [2.45, 2.75) is 45.1 Å². The zero-order valence-electron chi connectivity index (χ0n) is 16.2. The quantitative estimate of drug-likeness (QED) is 0.462. The topological polar surface area (TPSA) is 50.8 Å². The molecule has 2 heterocycles. The molecule has 2 saturated carbocycles. The number of carbonyl (C=O) groups is 1. The second-order valence-electron chi connectivity index (χ2n) is 9.06. The molecule has 1 N–H and O–H groups in total. The van der Waals surface area contributed by atoms with Gasteiger partial charge in [-0.15, -0.1) is 0 Å². The van der Waals surface area contributed by atoms with Gasteiger partial charge in [0.15, 0.2) is 0 Å². The van der Waals surface area contributed by atoms with E-state index in [1.165, 1.54) is 18.4 Å². The Morgan fingerprint density at radius 2 is 2.15 bits per heavy atom. The van der Waals surface area contributed by atoms with Crippen LogP contribution >= 0.6 is 0 Å². The van der Waals surface area contributed by atoms with Gasteiger partial charge in [0.05, 0.1) is 19.1 Å². The smallest absolute Gasteiger partial charge is 0.310 e. The van der Waals surface area contributed by atoms with Crippen molar-refractivity contribution >= 4 is 5.97 Å². The molecule has 2 aliphatic carbocycles. The van der Waals surface area contributed by atoms with E-state index in [9.17, 15) is 4.79 Å². The molecular weight excluding hydrogens is 328 g/mol. The maximum Gasteiger partial charge on any atom is 0.310 e. The number of esters is 1. The average molecular weight is 363 g/mol. The van der Waals surface area contributed by atoms with Gasteiger partial charge in [0.2, 0.25) is 0 Å². The van der Waals surface area contributed by atoms with Crippen LogP contribution < -0.4 is 5.32 Å². The van der Waals surface area contributed by atoms with Gasteiger partial charge < -0.3 is 14.8 Å². The molecule has 2 saturated heterocycles. The molecule has 0 aromatic heterocycles. The fraction of sp³-hybridized carbons (Fsp3) is 0.857. The second-order valence-corrected chi connectivity index (χ2v) is 9.06. The Hall–Kier alpha value is -0.910. The summed E-state index contributed by atoms with van der Waals surface area (Å²) in [6, 6.07) is 0. The van der Waals surface area contributed by atoms with Crippen molar-refractivity contribution in [2.75, 3.05) is 45.9 Å². The Morgan fingerprint density at radius 3 is 2.96 bits per heavy atom. The molecule has 146 valence electrons. The van der Waals surface area contributed by atoms with Gasteiger partial charge in [0.25, 0.3) is 0 Å². The number of nitrogens with one attached hydrogen (secondary N) is 1. The highest BCUT2D eigenvalue weighted by Crippen LogP contribution is 2.56. The van der Waals surface area contributed by atoms with Crippen molar-refractivity contribution in [3.05, 3.63) is 12.2 Å². The lowest BCUT2D eigenvalue weighted by atomic mass is 9.55. The Labute approximate surface area is 157 Å². The number of allylic oxidation sites excluding steroid dienone is 1. The zero-order valence-corrected chi connectivity index (χ0v) is 16.2. The van der Waals surface area contributed by atoms with E-state index in [0.717, 1.165) is 65.2 Å². The van der Waals surface area contributed by atoms with Gasteiger partial charge in [-0.05, 0) is 43.4 Å². The normalized spacial score (nSPS) is 40.8. The van der Waals surface area contributed by atoms with E-state index in [0.29, 0.717) is 11.8 Å². The number of morpholine rings is 1. The molecule has 5 atom stereocenters. The first-order valence-corrected chi connectivity index (χ1v) is 10.5. The van der Waals surface area contributed by atoms with E-state index < -0.39 is 0 Å². The van der Waals surface area contributed by atoms with Crippen LogP contribution in [0.3, 0.4) is 0 Å². The summed E-state index contributed by atoms with van der Waals surface area (Å²) in [5.41, 5.74) is 1.70. The number of carbonyl (C=O) groups excluding carboxylic acids is 1. The lowest BCUT2D eigenvalue weighted by molar-refractivity contribution is -0.146. The minimum Gasteiger partial charge on any atom is -0.462 e. The summed E-state index contributed by atoms with van der Waals surface area (Å²) in [5, 5.41) is 3.53. The van der Waals surface area contributed by atoms with Crippen molar-refractivity contribution in [3.63, 3.8) is 0 Å². The number of nitrogens with zero attached hydrogens (tertiary/aromatic N) is 1. The maximum atomic E-state index is 12.5. The van der Waals surface area contributed by atoms with Gasteiger partial charge in [-0.25, -0.2) is 0 Å². The highest BCUT2D eigenvalue weighted by Gasteiger charge is 2.54. The van der Waals surface area contributed by atoms with Gasteiger partial charge in [0, 0.05) is 38.6 Å². The third-order valence-corrected chi connectivity index (χ3v) is 7.39. The summed E-state index contributed by atoms with van der Waals surface area (Å²) >= 11 is 0. The van der Waals surface area contributed by atoms with Gasteiger partial charge in [-0.1, -0.05) is 19.1 Å². The predicted molar refractivity (Wildman–Crippen MR) is 101 cm³/mol. The van der Waals surface area contributed by atoms with E-state index in [4.69, 9.17) is 9.47 Å². The highest BCUT2D eigenvalue weighted by atomic mass is 16.6. The summed E-state index contributed by atoms with van der Waals surface area (Å²) < 4.78 is 11.2. The first-order valence-electron chi connectivity index (χ1n) is 10.5. The van der Waals surface area contributed by atoms with Crippen molar-refractivity contribution in [1.82, 2.24) is 10.2 Å². The summed E-state index contributed by atoms with van der Waals surface area (Å²) in [6.07, 6.45) is 5.89. The molecule has 0 aromatic carbocycles. The van der Waals surface area contributed by atoms with Gasteiger partial charge in [-0.3, -0.25) is 9.69 Å². The molecule has 4 rings (SSSR count). The van der Waals surface area contributed by atoms with Gasteiger partial charge in [0.1, 0.15) is 6.10 Å². The molecule has 5 nitrogen and oxygen atoms in total. The molecule has 5 heteroatoms. The van der Waals surface area contributed by atoms with E-state index in [2.05, 4.69) is 23.7 Å². The third kappa shape index (κ3) is 3.58. The summed E-state index contributed by atoms with van der Waals surface area (Å²) in [4.78, 5) is 14.9. The average Bonchev–Trinajstić information content (AvgIpc) is 2.92. The Morgan fingerprint density at radius 1 is 1.35 bits per heavy atom. The summed E-state index contributed by atoms with van der Waals surface area (Å²) in [5.74, 6) is 0.977. The molecule has 0 aromatic rings. The number of ether oxygens (including phenoxy) is 2. The highest BCUT2D eigenvalue weighted by molar-refractivity contribution is 5.75. The van der Waals surface area contributed by atoms with Crippen molar-refractivity contribution in [1.29, 1.82) is 0 Å². The Balaban J connectivity index is 1.31. The van der Waals surface area contributed by atoms with Crippen LogP contribution in [-0.4, -0.2) is 62.9 Å². The van der Waals surface area contributed by atoms with Crippen LogP contribution in [0.25, 0.3) is 0 Å². The SMILES string of the molecule is C=C1CCC[C@]2(C)C[C@H]3OC(=O)[C@H](CNCCN4CCOCC4)[C@H]3C[C@@H]12. The standard InChI is InChI=1S/C21H34N2O3/c1-15-4-3-5-21(2)13-19-16(12-18(15)21)17(20(24)26-19)14-22-6-7-23-8-10-25-11-9-23/h16-19,22H,1,3-14H2,2H3/t16-,17-,18+,19-,21-/m1/s1. The van der Waals surface area contributed by atoms with Crippen LogP contribution in [0, 0.1) is 23.2 Å². The number of fused-ring (bicyclic) bond motifs is 2. The number of hydrogen-bond acceptors (Lipinski definition) is 5. The molecule has 0 radical (unpaired) electrons. The third-order valence-electron chi connectivity index (χ3n) is 7.39. The zero-order chi connectivity index (χ0) is 18.1. The second kappa shape index (κ2) is 7.61. The first kappa shape index (κ1) is 18.5. The van der Waals surface area contributed by atoms with Gasteiger partial charge in [-0.2, -0.15) is 0 Å². The van der Waals surface area contributed by atoms with Crippen molar-refractivity contribution in [2.24, 2.45) is 23.2 Å². The summed E-state index contributed by atoms with van der Waals surface area (Å²) in [6.45, 7) is 13.2. The molecule has 0 unspecified atom stereocenters. The van der Waals surface area contributed by atoms with Crippen LogP contribution in [0.5, 0.6) is 0 Å². The molecule has 4 fully saturated rings. The fourth-order valence-corrected chi connectivity index (χ4v) is 5.81. The molecular formula is C21H34N2O3. The number of hydrogen-bond donors (Lipinski definition) is 1. The molecule has 0 amide bonds. The Bertz CT molecular complexity index is 545. The molecule has 26 heavy (non-hydrogen) atoms.